The van der Waals surface area contributed by atoms with Gasteiger partial charge in [0.05, 0.1) is 5.60 Å². The van der Waals surface area contributed by atoms with Gasteiger partial charge >= 0.3 is 0 Å². The summed E-state index contributed by atoms with van der Waals surface area (Å²) in [5, 5.41) is 20.9. The predicted molar refractivity (Wildman–Crippen MR) is 39.4 cm³/mol. The maximum absolute atomic E-state index is 9.16. The summed E-state index contributed by atoms with van der Waals surface area (Å²) in [6.07, 6.45) is -0.906. The van der Waals surface area contributed by atoms with Crippen molar-refractivity contribution in [2.75, 3.05) is 13.1 Å². The van der Waals surface area contributed by atoms with Gasteiger partial charge in [-0.2, -0.15) is 0 Å². The van der Waals surface area contributed by atoms with E-state index in [-0.39, 0.29) is 0 Å². The van der Waals surface area contributed by atoms with E-state index in [1.165, 1.54) is 13.8 Å². The molecule has 0 aromatic heterocycles. The van der Waals surface area contributed by atoms with Crippen LogP contribution in [0.5, 0.6) is 0 Å². The molecule has 0 aromatic carbocycles. The van der Waals surface area contributed by atoms with Gasteiger partial charge in [-0.1, -0.05) is 0 Å². The Morgan fingerprint density at radius 2 is 2.10 bits per heavy atom. The fourth-order valence-corrected chi connectivity index (χ4v) is 0.470. The predicted octanol–water partition coefficient (Wildman–Crippen LogP) is -1.38. The number of hydrogen-bond donors (Lipinski definition) is 4. The zero-order valence-corrected chi connectivity index (χ0v) is 6.46. The summed E-state index contributed by atoms with van der Waals surface area (Å²) in [6, 6.07) is 0. The van der Waals surface area contributed by atoms with Crippen LogP contribution in [0.2, 0.25) is 0 Å². The standard InChI is InChI=1S/C6H16N2O2/c1-6(2,10)5(9)8-4-3-7/h5,8-10H,3-4,7H2,1-2H3. The Labute approximate surface area is 61.0 Å². The first-order valence-corrected chi connectivity index (χ1v) is 3.32. The van der Waals surface area contributed by atoms with E-state index in [0.717, 1.165) is 0 Å². The lowest BCUT2D eigenvalue weighted by molar-refractivity contribution is -0.0640. The van der Waals surface area contributed by atoms with E-state index in [9.17, 15) is 0 Å². The normalized spacial score (nSPS) is 15.3. The third-order valence-corrected chi connectivity index (χ3v) is 1.15. The summed E-state index contributed by atoms with van der Waals surface area (Å²) < 4.78 is 0. The molecule has 0 amide bonds. The second-order valence-electron chi connectivity index (χ2n) is 2.80. The highest BCUT2D eigenvalue weighted by Gasteiger charge is 2.22. The van der Waals surface area contributed by atoms with Crippen molar-refractivity contribution in [3.05, 3.63) is 0 Å². The Morgan fingerprint density at radius 1 is 1.60 bits per heavy atom. The quantitative estimate of drug-likeness (QED) is 0.371. The van der Waals surface area contributed by atoms with Gasteiger partial charge in [0.15, 0.2) is 0 Å². The smallest absolute Gasteiger partial charge is 0.133 e. The van der Waals surface area contributed by atoms with Crippen LogP contribution in [0.4, 0.5) is 0 Å². The second kappa shape index (κ2) is 3.88. The van der Waals surface area contributed by atoms with E-state index in [1.807, 2.05) is 0 Å². The maximum atomic E-state index is 9.16. The molecule has 4 heteroatoms. The highest BCUT2D eigenvalue weighted by molar-refractivity contribution is 4.73. The average molecular weight is 148 g/mol. The molecule has 0 rings (SSSR count). The van der Waals surface area contributed by atoms with Gasteiger partial charge in [-0.25, -0.2) is 0 Å². The van der Waals surface area contributed by atoms with Crippen LogP contribution >= 0.6 is 0 Å². The van der Waals surface area contributed by atoms with Gasteiger partial charge in [-0.05, 0) is 13.8 Å². The van der Waals surface area contributed by atoms with Gasteiger partial charge < -0.3 is 15.9 Å². The van der Waals surface area contributed by atoms with Crippen molar-refractivity contribution in [1.82, 2.24) is 5.32 Å². The highest BCUT2D eigenvalue weighted by atomic mass is 16.4. The molecular formula is C6H16N2O2. The topological polar surface area (TPSA) is 78.5 Å². The number of rotatable bonds is 4. The largest absolute Gasteiger partial charge is 0.386 e. The van der Waals surface area contributed by atoms with Gasteiger partial charge in [0.2, 0.25) is 0 Å². The van der Waals surface area contributed by atoms with E-state index < -0.39 is 11.8 Å². The maximum Gasteiger partial charge on any atom is 0.133 e. The average Bonchev–Trinajstić information content (AvgIpc) is 1.80. The summed E-state index contributed by atoms with van der Waals surface area (Å²) in [6.45, 7) is 4.01. The lowest BCUT2D eigenvalue weighted by Crippen LogP contribution is -2.48. The van der Waals surface area contributed by atoms with Gasteiger partial charge in [0.25, 0.3) is 0 Å². The molecule has 1 unspecified atom stereocenters. The molecule has 1 atom stereocenters. The molecule has 0 saturated heterocycles. The van der Waals surface area contributed by atoms with Crippen LogP contribution in [0.1, 0.15) is 13.8 Å². The molecule has 0 aliphatic carbocycles. The molecule has 4 nitrogen and oxygen atoms in total. The molecular weight excluding hydrogens is 132 g/mol. The Hall–Kier alpha value is -0.160. The molecule has 0 aliphatic rings. The first-order chi connectivity index (χ1) is 4.48. The minimum absolute atomic E-state index is 0.452. The Morgan fingerprint density at radius 3 is 2.40 bits per heavy atom. The Balaban J connectivity index is 3.52. The number of nitrogens with two attached hydrogens (primary N) is 1. The van der Waals surface area contributed by atoms with Gasteiger partial charge in [0.1, 0.15) is 6.23 Å². The Kier molecular flexibility index (Phi) is 3.81. The second-order valence-corrected chi connectivity index (χ2v) is 2.80. The minimum atomic E-state index is -1.10. The number of hydrogen-bond acceptors (Lipinski definition) is 4. The van der Waals surface area contributed by atoms with Crippen LogP contribution in [-0.4, -0.2) is 35.1 Å². The van der Waals surface area contributed by atoms with Crippen molar-refractivity contribution in [2.24, 2.45) is 5.73 Å². The van der Waals surface area contributed by atoms with Crippen molar-refractivity contribution >= 4 is 0 Å². The number of nitrogens with one attached hydrogen (secondary N) is 1. The van der Waals surface area contributed by atoms with Crippen molar-refractivity contribution in [1.29, 1.82) is 0 Å². The number of aliphatic hydroxyl groups excluding tert-OH is 1. The monoisotopic (exact) mass is 148 g/mol. The molecule has 5 N–H and O–H groups in total. The molecule has 0 fully saturated rings. The van der Waals surface area contributed by atoms with E-state index in [4.69, 9.17) is 15.9 Å². The molecule has 62 valence electrons. The van der Waals surface area contributed by atoms with Crippen molar-refractivity contribution in [3.8, 4) is 0 Å². The van der Waals surface area contributed by atoms with Crippen LogP contribution in [0, 0.1) is 0 Å². The zero-order chi connectivity index (χ0) is 8.20. The molecule has 0 bridgehead atoms. The van der Waals surface area contributed by atoms with E-state index in [2.05, 4.69) is 5.32 Å². The fraction of sp³-hybridized carbons (Fsp3) is 1.00. The first-order valence-electron chi connectivity index (χ1n) is 3.32. The van der Waals surface area contributed by atoms with E-state index in [1.54, 1.807) is 0 Å². The van der Waals surface area contributed by atoms with Crippen LogP contribution < -0.4 is 11.1 Å². The molecule has 0 aromatic rings. The number of aliphatic hydroxyl groups is 2. The van der Waals surface area contributed by atoms with E-state index >= 15 is 0 Å². The lowest BCUT2D eigenvalue weighted by Gasteiger charge is -2.24. The SMILES string of the molecule is CC(C)(O)C(O)NCCN. The molecule has 0 saturated carbocycles. The summed E-state index contributed by atoms with van der Waals surface area (Å²) in [5.41, 5.74) is 4.06. The first kappa shape index (κ1) is 9.84. The summed E-state index contributed by atoms with van der Waals surface area (Å²) >= 11 is 0. The third-order valence-electron chi connectivity index (χ3n) is 1.15. The van der Waals surface area contributed by atoms with Crippen molar-refractivity contribution in [2.45, 2.75) is 25.7 Å². The lowest BCUT2D eigenvalue weighted by atomic mass is 10.1. The Bertz CT molecular complexity index is 90.2. The van der Waals surface area contributed by atoms with Gasteiger partial charge in [-0.15, -0.1) is 0 Å². The molecule has 0 radical (unpaired) electrons. The van der Waals surface area contributed by atoms with E-state index in [0.29, 0.717) is 13.1 Å². The van der Waals surface area contributed by atoms with Crippen LogP contribution in [0.25, 0.3) is 0 Å². The van der Waals surface area contributed by atoms with Crippen LogP contribution in [0.3, 0.4) is 0 Å². The third kappa shape index (κ3) is 3.79. The van der Waals surface area contributed by atoms with Crippen molar-refractivity contribution < 1.29 is 10.2 Å². The fourth-order valence-electron chi connectivity index (χ4n) is 0.470. The molecule has 0 aliphatic heterocycles. The summed E-state index contributed by atoms with van der Waals surface area (Å²) in [4.78, 5) is 0. The molecule has 0 spiro atoms. The molecule has 0 heterocycles. The van der Waals surface area contributed by atoms with Crippen LogP contribution in [0.15, 0.2) is 0 Å². The molecule has 10 heavy (non-hydrogen) atoms. The van der Waals surface area contributed by atoms with Crippen LogP contribution in [-0.2, 0) is 0 Å². The summed E-state index contributed by atoms with van der Waals surface area (Å²) in [7, 11) is 0. The highest BCUT2D eigenvalue weighted by Crippen LogP contribution is 2.03. The summed E-state index contributed by atoms with van der Waals surface area (Å²) in [5.74, 6) is 0. The van der Waals surface area contributed by atoms with Crippen molar-refractivity contribution in [3.63, 3.8) is 0 Å². The van der Waals surface area contributed by atoms with Gasteiger partial charge in [-0.3, -0.25) is 5.32 Å². The van der Waals surface area contributed by atoms with Gasteiger partial charge in [0, 0.05) is 13.1 Å². The zero-order valence-electron chi connectivity index (χ0n) is 6.46. The minimum Gasteiger partial charge on any atom is -0.386 e.